The molecule has 1 aromatic rings. The van der Waals surface area contributed by atoms with Crippen LogP contribution in [0.4, 0.5) is 0 Å². The molecule has 15 heavy (non-hydrogen) atoms. The fourth-order valence-corrected chi connectivity index (χ4v) is 2.76. The normalized spacial score (nSPS) is 30.8. The SMILES string of the molecule is Cc1cccc(C2CCC(O)C2C)c1C. The summed E-state index contributed by atoms with van der Waals surface area (Å²) in [6.07, 6.45) is 1.99. The molecule has 1 saturated carbocycles. The average Bonchev–Trinajstić information content (AvgIpc) is 2.53. The third kappa shape index (κ3) is 1.81. The summed E-state index contributed by atoms with van der Waals surface area (Å²) in [6, 6.07) is 6.52. The Labute approximate surface area is 92.1 Å². The Morgan fingerprint density at radius 1 is 1.20 bits per heavy atom. The highest BCUT2D eigenvalue weighted by atomic mass is 16.3. The molecule has 1 aliphatic carbocycles. The third-order valence-corrected chi connectivity index (χ3v) is 4.06. The van der Waals surface area contributed by atoms with Crippen molar-refractivity contribution >= 4 is 0 Å². The van der Waals surface area contributed by atoms with Gasteiger partial charge in [-0.1, -0.05) is 25.1 Å². The molecule has 1 N–H and O–H groups in total. The molecule has 3 atom stereocenters. The Morgan fingerprint density at radius 3 is 2.53 bits per heavy atom. The lowest BCUT2D eigenvalue weighted by atomic mass is 9.85. The van der Waals surface area contributed by atoms with Crippen molar-refractivity contribution in [1.82, 2.24) is 0 Å². The Hall–Kier alpha value is -0.820. The van der Waals surface area contributed by atoms with E-state index < -0.39 is 0 Å². The van der Waals surface area contributed by atoms with Crippen LogP contribution in [-0.2, 0) is 0 Å². The van der Waals surface area contributed by atoms with E-state index in [-0.39, 0.29) is 6.10 Å². The number of hydrogen-bond donors (Lipinski definition) is 1. The van der Waals surface area contributed by atoms with Crippen molar-refractivity contribution in [2.24, 2.45) is 5.92 Å². The van der Waals surface area contributed by atoms with Gasteiger partial charge in [0.05, 0.1) is 6.10 Å². The number of hydrogen-bond acceptors (Lipinski definition) is 1. The summed E-state index contributed by atoms with van der Waals surface area (Å²) in [6.45, 7) is 6.53. The minimum absolute atomic E-state index is 0.102. The number of aliphatic hydroxyl groups is 1. The Balaban J connectivity index is 2.34. The summed E-state index contributed by atoms with van der Waals surface area (Å²) in [7, 11) is 0. The standard InChI is InChI=1S/C14H20O/c1-9-5-4-6-12(10(9)2)13-7-8-14(15)11(13)3/h4-6,11,13-15H,7-8H2,1-3H3. The van der Waals surface area contributed by atoms with Gasteiger partial charge in [0.1, 0.15) is 0 Å². The van der Waals surface area contributed by atoms with Crippen LogP contribution in [0.15, 0.2) is 18.2 Å². The minimum Gasteiger partial charge on any atom is -0.393 e. The maximum atomic E-state index is 9.79. The smallest absolute Gasteiger partial charge is 0.0571 e. The fourth-order valence-electron chi connectivity index (χ4n) is 2.76. The average molecular weight is 204 g/mol. The topological polar surface area (TPSA) is 20.2 Å². The van der Waals surface area contributed by atoms with E-state index in [1.54, 1.807) is 0 Å². The summed E-state index contributed by atoms with van der Waals surface area (Å²) in [4.78, 5) is 0. The van der Waals surface area contributed by atoms with E-state index in [1.165, 1.54) is 16.7 Å². The van der Waals surface area contributed by atoms with Gasteiger partial charge in [-0.3, -0.25) is 0 Å². The van der Waals surface area contributed by atoms with Gasteiger partial charge >= 0.3 is 0 Å². The highest BCUT2D eigenvalue weighted by Gasteiger charge is 2.33. The van der Waals surface area contributed by atoms with E-state index in [1.807, 2.05) is 0 Å². The van der Waals surface area contributed by atoms with Crippen molar-refractivity contribution in [2.75, 3.05) is 0 Å². The van der Waals surface area contributed by atoms with E-state index in [9.17, 15) is 5.11 Å². The van der Waals surface area contributed by atoms with Gasteiger partial charge in [0.15, 0.2) is 0 Å². The van der Waals surface area contributed by atoms with Gasteiger partial charge in [-0.25, -0.2) is 0 Å². The van der Waals surface area contributed by atoms with Gasteiger partial charge in [-0.2, -0.15) is 0 Å². The highest BCUT2D eigenvalue weighted by Crippen LogP contribution is 2.40. The maximum absolute atomic E-state index is 9.79. The van der Waals surface area contributed by atoms with Crippen LogP contribution in [0.3, 0.4) is 0 Å². The zero-order valence-corrected chi connectivity index (χ0v) is 9.83. The number of aryl methyl sites for hydroxylation is 1. The molecule has 1 heteroatoms. The molecule has 0 saturated heterocycles. The van der Waals surface area contributed by atoms with Gasteiger partial charge < -0.3 is 5.11 Å². The third-order valence-electron chi connectivity index (χ3n) is 4.06. The summed E-state index contributed by atoms with van der Waals surface area (Å²) in [5.41, 5.74) is 4.21. The zero-order valence-electron chi connectivity index (χ0n) is 9.83. The number of benzene rings is 1. The monoisotopic (exact) mass is 204 g/mol. The van der Waals surface area contributed by atoms with E-state index in [0.717, 1.165) is 12.8 Å². The summed E-state index contributed by atoms with van der Waals surface area (Å²) in [5.74, 6) is 0.963. The lowest BCUT2D eigenvalue weighted by Crippen LogP contribution is -2.14. The molecule has 0 bridgehead atoms. The highest BCUT2D eigenvalue weighted by molar-refractivity contribution is 5.36. The summed E-state index contributed by atoms with van der Waals surface area (Å²) < 4.78 is 0. The van der Waals surface area contributed by atoms with Crippen molar-refractivity contribution in [3.05, 3.63) is 34.9 Å². The minimum atomic E-state index is -0.102. The zero-order chi connectivity index (χ0) is 11.0. The largest absolute Gasteiger partial charge is 0.393 e. The molecule has 1 aliphatic rings. The van der Waals surface area contributed by atoms with Crippen LogP contribution in [0.2, 0.25) is 0 Å². The van der Waals surface area contributed by atoms with Crippen LogP contribution >= 0.6 is 0 Å². The van der Waals surface area contributed by atoms with Crippen LogP contribution < -0.4 is 0 Å². The molecule has 1 aromatic carbocycles. The van der Waals surface area contributed by atoms with E-state index >= 15 is 0 Å². The molecule has 0 aromatic heterocycles. The molecule has 3 unspecified atom stereocenters. The Kier molecular flexibility index (Phi) is 2.83. The Morgan fingerprint density at radius 2 is 1.93 bits per heavy atom. The van der Waals surface area contributed by atoms with E-state index in [0.29, 0.717) is 11.8 Å². The van der Waals surface area contributed by atoms with Gasteiger partial charge in [0.25, 0.3) is 0 Å². The van der Waals surface area contributed by atoms with Crippen molar-refractivity contribution in [3.8, 4) is 0 Å². The van der Waals surface area contributed by atoms with Crippen LogP contribution in [0.5, 0.6) is 0 Å². The lowest BCUT2D eigenvalue weighted by Gasteiger charge is -2.20. The molecule has 2 rings (SSSR count). The van der Waals surface area contributed by atoms with Gasteiger partial charge in [-0.15, -0.1) is 0 Å². The first-order valence-corrected chi connectivity index (χ1v) is 5.85. The van der Waals surface area contributed by atoms with Gasteiger partial charge in [-0.05, 0) is 55.2 Å². The maximum Gasteiger partial charge on any atom is 0.0571 e. The molecular formula is C14H20O. The quantitative estimate of drug-likeness (QED) is 0.745. The van der Waals surface area contributed by atoms with Crippen LogP contribution in [0.1, 0.15) is 42.4 Å². The summed E-state index contributed by atoms with van der Waals surface area (Å²) >= 11 is 0. The van der Waals surface area contributed by atoms with Crippen LogP contribution in [0, 0.1) is 19.8 Å². The van der Waals surface area contributed by atoms with E-state index in [4.69, 9.17) is 0 Å². The van der Waals surface area contributed by atoms with Crippen LogP contribution in [-0.4, -0.2) is 11.2 Å². The second kappa shape index (κ2) is 3.97. The van der Waals surface area contributed by atoms with Crippen molar-refractivity contribution < 1.29 is 5.11 Å². The van der Waals surface area contributed by atoms with Crippen molar-refractivity contribution in [1.29, 1.82) is 0 Å². The molecular weight excluding hydrogens is 184 g/mol. The molecule has 0 radical (unpaired) electrons. The van der Waals surface area contributed by atoms with Crippen molar-refractivity contribution in [2.45, 2.75) is 45.6 Å². The Bertz CT molecular complexity index is 356. The predicted octanol–water partition coefficient (Wildman–Crippen LogP) is 3.18. The lowest BCUT2D eigenvalue weighted by molar-refractivity contribution is 0.136. The first-order chi connectivity index (χ1) is 7.11. The molecule has 1 nitrogen and oxygen atoms in total. The molecule has 0 spiro atoms. The second-order valence-electron chi connectivity index (χ2n) is 4.90. The molecule has 0 amide bonds. The van der Waals surface area contributed by atoms with Gasteiger partial charge in [0, 0.05) is 0 Å². The van der Waals surface area contributed by atoms with Crippen molar-refractivity contribution in [3.63, 3.8) is 0 Å². The summed E-state index contributed by atoms with van der Waals surface area (Å²) in [5, 5.41) is 9.79. The molecule has 1 fully saturated rings. The first-order valence-electron chi connectivity index (χ1n) is 5.85. The molecule has 0 heterocycles. The second-order valence-corrected chi connectivity index (χ2v) is 4.90. The molecule has 82 valence electrons. The number of aliphatic hydroxyl groups excluding tert-OH is 1. The van der Waals surface area contributed by atoms with Gasteiger partial charge in [0.2, 0.25) is 0 Å². The molecule has 0 aliphatic heterocycles. The fraction of sp³-hybridized carbons (Fsp3) is 0.571. The van der Waals surface area contributed by atoms with Crippen LogP contribution in [0.25, 0.3) is 0 Å². The number of rotatable bonds is 1. The van der Waals surface area contributed by atoms with E-state index in [2.05, 4.69) is 39.0 Å². The first kappa shape index (κ1) is 10.7. The predicted molar refractivity (Wildman–Crippen MR) is 63.1 cm³/mol.